The lowest BCUT2D eigenvalue weighted by Gasteiger charge is -2.42. The first kappa shape index (κ1) is 29.5. The van der Waals surface area contributed by atoms with Gasteiger partial charge < -0.3 is 39.7 Å². The minimum Gasteiger partial charge on any atom is -0.497 e. The van der Waals surface area contributed by atoms with Gasteiger partial charge in [-0.1, -0.05) is 18.2 Å². The number of allylic oxidation sites excluding steroid dienone is 2. The Hall–Kier alpha value is -4.02. The van der Waals surface area contributed by atoms with E-state index < -0.39 is 23.5 Å². The highest BCUT2D eigenvalue weighted by molar-refractivity contribution is 6.00. The minimum atomic E-state index is -1.54. The molecule has 210 valence electrons. The van der Waals surface area contributed by atoms with Gasteiger partial charge in [0.05, 0.1) is 23.7 Å². The molecule has 4 N–H and O–H groups in total. The topological polar surface area (TPSA) is 138 Å². The SMILES string of the molecule is COc1ccc(OCCNCC(O)COc2ccccc2)c(C2(C)C(C(=O)O)=C(C)N(C)C(C)=C2C(=O)O)c1. The van der Waals surface area contributed by atoms with Crippen molar-refractivity contribution in [1.29, 1.82) is 0 Å². The third kappa shape index (κ3) is 6.35. The molecule has 0 aromatic heterocycles. The Morgan fingerprint density at radius 2 is 1.59 bits per heavy atom. The number of carboxylic acids is 2. The fourth-order valence-corrected chi connectivity index (χ4v) is 4.86. The third-order valence-electron chi connectivity index (χ3n) is 6.98. The van der Waals surface area contributed by atoms with E-state index in [2.05, 4.69) is 5.32 Å². The van der Waals surface area contributed by atoms with Crippen LogP contribution in [-0.4, -0.2) is 78.7 Å². The summed E-state index contributed by atoms with van der Waals surface area (Å²) in [5.74, 6) is -1.02. The van der Waals surface area contributed by atoms with Crippen LogP contribution in [0.2, 0.25) is 0 Å². The molecule has 2 aromatic rings. The molecule has 0 radical (unpaired) electrons. The van der Waals surface area contributed by atoms with E-state index in [1.165, 1.54) is 7.11 Å². The Morgan fingerprint density at radius 1 is 0.974 bits per heavy atom. The molecule has 1 aliphatic rings. The van der Waals surface area contributed by atoms with Gasteiger partial charge in [0, 0.05) is 37.1 Å². The van der Waals surface area contributed by atoms with Crippen molar-refractivity contribution in [3.8, 4) is 17.2 Å². The molecule has 0 saturated heterocycles. The highest BCUT2D eigenvalue weighted by Crippen LogP contribution is 2.50. The van der Waals surface area contributed by atoms with Gasteiger partial charge in [0.15, 0.2) is 0 Å². The average molecular weight is 541 g/mol. The molecule has 10 heteroatoms. The average Bonchev–Trinajstić information content (AvgIpc) is 2.90. The number of aliphatic hydroxyl groups is 1. The first-order chi connectivity index (χ1) is 18.5. The van der Waals surface area contributed by atoms with Crippen LogP contribution in [0.25, 0.3) is 0 Å². The van der Waals surface area contributed by atoms with Crippen LogP contribution in [0.1, 0.15) is 26.3 Å². The zero-order valence-electron chi connectivity index (χ0n) is 22.9. The number of rotatable bonds is 13. The molecule has 0 fully saturated rings. The summed E-state index contributed by atoms with van der Waals surface area (Å²) in [6, 6.07) is 14.1. The molecule has 39 heavy (non-hydrogen) atoms. The number of nitrogens with zero attached hydrogens (tertiary/aromatic N) is 1. The fraction of sp³-hybridized carbons (Fsp3) is 0.379. The van der Waals surface area contributed by atoms with Crippen molar-refractivity contribution in [3.63, 3.8) is 0 Å². The van der Waals surface area contributed by atoms with E-state index in [-0.39, 0.29) is 30.9 Å². The second kappa shape index (κ2) is 12.7. The Balaban J connectivity index is 1.80. The highest BCUT2D eigenvalue weighted by Gasteiger charge is 2.49. The Labute approximate surface area is 228 Å². The summed E-state index contributed by atoms with van der Waals surface area (Å²) in [6.45, 7) is 5.84. The van der Waals surface area contributed by atoms with Crippen LogP contribution in [-0.2, 0) is 15.0 Å². The van der Waals surface area contributed by atoms with Crippen molar-refractivity contribution in [2.45, 2.75) is 32.3 Å². The van der Waals surface area contributed by atoms with Crippen LogP contribution in [0.3, 0.4) is 0 Å². The van der Waals surface area contributed by atoms with Gasteiger partial charge in [0.25, 0.3) is 0 Å². The van der Waals surface area contributed by atoms with Crippen molar-refractivity contribution in [3.05, 3.63) is 76.6 Å². The van der Waals surface area contributed by atoms with Crippen LogP contribution in [0.4, 0.5) is 0 Å². The van der Waals surface area contributed by atoms with E-state index in [4.69, 9.17) is 14.2 Å². The zero-order chi connectivity index (χ0) is 28.7. The van der Waals surface area contributed by atoms with E-state index in [0.717, 1.165) is 0 Å². The van der Waals surface area contributed by atoms with Gasteiger partial charge in [-0.2, -0.15) is 0 Å². The maximum atomic E-state index is 12.5. The lowest BCUT2D eigenvalue weighted by atomic mass is 9.66. The number of hydrogen-bond acceptors (Lipinski definition) is 8. The number of nitrogens with one attached hydrogen (secondary N) is 1. The maximum absolute atomic E-state index is 12.5. The van der Waals surface area contributed by atoms with Gasteiger partial charge in [-0.05, 0) is 51.1 Å². The summed E-state index contributed by atoms with van der Waals surface area (Å²) in [6.07, 6.45) is -0.739. The molecule has 2 aromatic carbocycles. The third-order valence-corrected chi connectivity index (χ3v) is 6.98. The fourth-order valence-electron chi connectivity index (χ4n) is 4.86. The van der Waals surface area contributed by atoms with E-state index >= 15 is 0 Å². The van der Waals surface area contributed by atoms with Crippen LogP contribution >= 0.6 is 0 Å². The van der Waals surface area contributed by atoms with Gasteiger partial charge in [-0.25, -0.2) is 9.59 Å². The lowest BCUT2D eigenvalue weighted by Crippen LogP contribution is -2.43. The summed E-state index contributed by atoms with van der Waals surface area (Å²) >= 11 is 0. The predicted molar refractivity (Wildman–Crippen MR) is 145 cm³/mol. The highest BCUT2D eigenvalue weighted by atomic mass is 16.5. The summed E-state index contributed by atoms with van der Waals surface area (Å²) < 4.78 is 17.0. The molecule has 0 saturated carbocycles. The summed E-state index contributed by atoms with van der Waals surface area (Å²) in [4.78, 5) is 26.6. The molecular formula is C29H36N2O8. The Bertz CT molecular complexity index is 1220. The predicted octanol–water partition coefficient (Wildman–Crippen LogP) is 3.02. The van der Waals surface area contributed by atoms with E-state index in [9.17, 15) is 24.9 Å². The van der Waals surface area contributed by atoms with Crippen LogP contribution < -0.4 is 19.5 Å². The number of hydrogen-bond donors (Lipinski definition) is 4. The van der Waals surface area contributed by atoms with Crippen molar-refractivity contribution in [2.24, 2.45) is 0 Å². The number of para-hydroxylation sites is 1. The van der Waals surface area contributed by atoms with Crippen molar-refractivity contribution >= 4 is 11.9 Å². The summed E-state index contributed by atoms with van der Waals surface area (Å²) in [7, 11) is 3.12. The van der Waals surface area contributed by atoms with Crippen LogP contribution in [0, 0.1) is 0 Å². The van der Waals surface area contributed by atoms with Crippen molar-refractivity contribution in [1.82, 2.24) is 10.2 Å². The number of methoxy groups -OCH3 is 1. The monoisotopic (exact) mass is 540 g/mol. The largest absolute Gasteiger partial charge is 0.497 e. The Kier molecular flexibility index (Phi) is 9.61. The summed E-state index contributed by atoms with van der Waals surface area (Å²) in [5.41, 5.74) is -0.457. The van der Waals surface area contributed by atoms with Crippen LogP contribution in [0.5, 0.6) is 17.2 Å². The van der Waals surface area contributed by atoms with Gasteiger partial charge in [0.2, 0.25) is 0 Å². The number of benzene rings is 2. The first-order valence-electron chi connectivity index (χ1n) is 12.5. The molecule has 0 spiro atoms. The Morgan fingerprint density at radius 3 is 2.15 bits per heavy atom. The van der Waals surface area contributed by atoms with Gasteiger partial charge in [-0.15, -0.1) is 0 Å². The number of aliphatic carboxylic acids is 2. The standard InChI is InChI=1S/C29H36N2O8/c1-18-25(27(33)34)29(3,26(28(35)36)19(2)31(18)4)23-15-22(37-5)11-12-24(23)38-14-13-30-16-20(32)17-39-21-9-7-6-8-10-21/h6-12,15,20,30,32H,13-14,16-17H2,1-5H3,(H,33,34)(H,35,36). The van der Waals surface area contributed by atoms with E-state index in [0.29, 0.717) is 40.8 Å². The smallest absolute Gasteiger partial charge is 0.334 e. The summed E-state index contributed by atoms with van der Waals surface area (Å²) in [5, 5.41) is 33.8. The molecule has 0 amide bonds. The molecular weight excluding hydrogens is 504 g/mol. The minimum absolute atomic E-state index is 0.0641. The molecule has 0 bridgehead atoms. The van der Waals surface area contributed by atoms with Crippen molar-refractivity contribution in [2.75, 3.05) is 40.5 Å². The lowest BCUT2D eigenvalue weighted by molar-refractivity contribution is -0.134. The van der Waals surface area contributed by atoms with Crippen LogP contribution in [0.15, 0.2) is 71.1 Å². The molecule has 10 nitrogen and oxygen atoms in total. The number of aliphatic hydroxyl groups excluding tert-OH is 1. The number of carbonyl (C=O) groups is 2. The molecule has 1 atom stereocenters. The second-order valence-electron chi connectivity index (χ2n) is 9.41. The van der Waals surface area contributed by atoms with Crippen molar-refractivity contribution < 1.29 is 39.1 Å². The molecule has 1 unspecified atom stereocenters. The normalized spacial score (nSPS) is 15.7. The van der Waals surface area contributed by atoms with Gasteiger partial charge >= 0.3 is 11.9 Å². The maximum Gasteiger partial charge on any atom is 0.334 e. The molecule has 1 heterocycles. The van der Waals surface area contributed by atoms with Gasteiger partial charge in [-0.3, -0.25) is 0 Å². The van der Waals surface area contributed by atoms with E-state index in [1.54, 1.807) is 50.9 Å². The number of ether oxygens (including phenoxy) is 3. The van der Waals surface area contributed by atoms with Gasteiger partial charge in [0.1, 0.15) is 36.6 Å². The molecule has 3 rings (SSSR count). The van der Waals surface area contributed by atoms with E-state index in [1.807, 2.05) is 30.3 Å². The first-order valence-corrected chi connectivity index (χ1v) is 12.5. The molecule has 0 aliphatic carbocycles. The quantitative estimate of drug-likeness (QED) is 0.281. The number of carboxylic acid groups (broad SMARTS) is 2. The molecule has 1 aliphatic heterocycles. The zero-order valence-corrected chi connectivity index (χ0v) is 22.9. The second-order valence-corrected chi connectivity index (χ2v) is 9.41.